The van der Waals surface area contributed by atoms with Gasteiger partial charge in [-0.2, -0.15) is 8.42 Å². The molecule has 0 aromatic heterocycles. The molecule has 11 heteroatoms. The van der Waals surface area contributed by atoms with Gasteiger partial charge in [-0.05, 0) is 79.1 Å². The van der Waals surface area contributed by atoms with Crippen LogP contribution in [0.1, 0.15) is 36.5 Å². The third kappa shape index (κ3) is 6.64. The van der Waals surface area contributed by atoms with Crippen molar-refractivity contribution in [2.45, 2.75) is 46.8 Å². The summed E-state index contributed by atoms with van der Waals surface area (Å²) in [6.07, 6.45) is 0.410. The van der Waals surface area contributed by atoms with E-state index in [1.54, 1.807) is 12.1 Å². The van der Waals surface area contributed by atoms with Crippen molar-refractivity contribution >= 4 is 25.9 Å². The molecule has 0 saturated heterocycles. The third-order valence-electron chi connectivity index (χ3n) is 7.11. The zero-order chi connectivity index (χ0) is 30.7. The maximum atomic E-state index is 13.1. The van der Waals surface area contributed by atoms with Gasteiger partial charge in [0.25, 0.3) is 10.1 Å². The molecule has 4 aromatic carbocycles. The number of carbonyl (C=O) groups is 1. The molecule has 0 fully saturated rings. The van der Waals surface area contributed by atoms with Gasteiger partial charge in [0.1, 0.15) is 22.1 Å². The van der Waals surface area contributed by atoms with E-state index < -0.39 is 36.2 Å². The van der Waals surface area contributed by atoms with Crippen molar-refractivity contribution in [2.75, 3.05) is 7.11 Å². The van der Waals surface area contributed by atoms with Crippen molar-refractivity contribution in [1.29, 1.82) is 0 Å². The molecule has 1 unspecified atom stereocenters. The molecule has 0 saturated carbocycles. The highest BCUT2D eigenvalue weighted by atomic mass is 32.2. The largest absolute Gasteiger partial charge is 0.495 e. The maximum absolute atomic E-state index is 13.1. The van der Waals surface area contributed by atoms with Crippen molar-refractivity contribution in [1.82, 2.24) is 0 Å². The first-order chi connectivity index (χ1) is 19.7. The fourth-order valence-corrected chi connectivity index (χ4v) is 6.65. The zero-order valence-corrected chi connectivity index (χ0v) is 24.8. The first-order valence-corrected chi connectivity index (χ1v) is 15.7. The topological polar surface area (TPSA) is 144 Å². The number of sulfone groups is 1. The Balaban J connectivity index is 1.56. The van der Waals surface area contributed by atoms with Crippen LogP contribution in [0.25, 0.3) is 0 Å². The van der Waals surface area contributed by atoms with E-state index >= 15 is 0 Å². The smallest absolute Gasteiger partial charge is 0.303 e. The van der Waals surface area contributed by atoms with Gasteiger partial charge in [0.15, 0.2) is 0 Å². The van der Waals surface area contributed by atoms with E-state index in [-0.39, 0.29) is 22.0 Å². The van der Waals surface area contributed by atoms with Crippen LogP contribution in [0.2, 0.25) is 0 Å². The zero-order valence-electron chi connectivity index (χ0n) is 23.1. The van der Waals surface area contributed by atoms with Crippen LogP contribution in [0.4, 0.5) is 0 Å². The van der Waals surface area contributed by atoms with Crippen LogP contribution in [-0.2, 0) is 30.2 Å². The normalized spacial score (nSPS) is 13.2. The number of carboxylic acid groups (broad SMARTS) is 1. The molecule has 1 atom stereocenters. The van der Waals surface area contributed by atoms with E-state index in [4.69, 9.17) is 9.47 Å². The number of benzene rings is 4. The van der Waals surface area contributed by atoms with E-state index in [9.17, 15) is 31.3 Å². The van der Waals surface area contributed by atoms with Gasteiger partial charge in [-0.15, -0.1) is 0 Å². The van der Waals surface area contributed by atoms with Crippen molar-refractivity contribution in [3.63, 3.8) is 0 Å². The van der Waals surface area contributed by atoms with Crippen molar-refractivity contribution < 1.29 is 40.8 Å². The second kappa shape index (κ2) is 12.0. The number of ether oxygens (including phenoxy) is 2. The molecule has 0 amide bonds. The minimum Gasteiger partial charge on any atom is -0.495 e. The van der Waals surface area contributed by atoms with Crippen molar-refractivity contribution in [2.24, 2.45) is 0 Å². The summed E-state index contributed by atoms with van der Waals surface area (Å²) in [5, 5.41) is 9.33. The van der Waals surface area contributed by atoms with Crippen molar-refractivity contribution in [3.05, 3.63) is 108 Å². The molecule has 0 heterocycles. The Kier molecular flexibility index (Phi) is 8.76. The lowest BCUT2D eigenvalue weighted by atomic mass is 9.73. The molecule has 9 nitrogen and oxygen atoms in total. The lowest BCUT2D eigenvalue weighted by molar-refractivity contribution is -0.137. The molecule has 4 rings (SSSR count). The molecule has 2 N–H and O–H groups in total. The quantitative estimate of drug-likeness (QED) is 0.194. The summed E-state index contributed by atoms with van der Waals surface area (Å²) in [7, 11) is -7.65. The van der Waals surface area contributed by atoms with Crippen LogP contribution >= 0.6 is 0 Å². The highest BCUT2D eigenvalue weighted by Gasteiger charge is 2.30. The minimum atomic E-state index is -4.72. The first-order valence-electron chi connectivity index (χ1n) is 12.8. The summed E-state index contributed by atoms with van der Waals surface area (Å²) in [6.45, 7) is 4.00. The van der Waals surface area contributed by atoms with Gasteiger partial charge >= 0.3 is 5.97 Å². The lowest BCUT2D eigenvalue weighted by Crippen LogP contribution is -2.24. The standard InChI is InChI=1S/C31H30O9S2/c1-21-4-6-22(7-5-21)31(2,19-18-30(32)33)23-8-10-24(11-9-23)40-25-12-14-26(15-13-25)41(34,35)27-16-17-28(39-3)29(20-27)42(36,37)38/h4-17,20H,18-19H2,1-3H3,(H,32,33)(H,36,37,38). The Labute approximate surface area is 245 Å². The Morgan fingerprint density at radius 3 is 1.79 bits per heavy atom. The first kappa shape index (κ1) is 30.8. The highest BCUT2D eigenvalue weighted by molar-refractivity contribution is 7.91. The van der Waals surface area contributed by atoms with Crippen LogP contribution in [0.3, 0.4) is 0 Å². The number of aliphatic carboxylic acids is 1. The van der Waals surface area contributed by atoms with Gasteiger partial charge in [-0.25, -0.2) is 8.42 Å². The average molecular weight is 611 g/mol. The minimum absolute atomic E-state index is 0.00549. The van der Waals surface area contributed by atoms with E-state index in [1.165, 1.54) is 37.4 Å². The second-order valence-corrected chi connectivity index (χ2v) is 13.3. The van der Waals surface area contributed by atoms with E-state index in [0.29, 0.717) is 17.9 Å². The molecule has 0 aliphatic rings. The summed E-state index contributed by atoms with van der Waals surface area (Å²) in [4.78, 5) is 10.3. The molecule has 0 aliphatic heterocycles. The third-order valence-corrected chi connectivity index (χ3v) is 9.75. The van der Waals surface area contributed by atoms with Crippen LogP contribution in [0.15, 0.2) is 106 Å². The van der Waals surface area contributed by atoms with Gasteiger partial charge in [0.05, 0.1) is 16.9 Å². The summed E-state index contributed by atoms with van der Waals surface area (Å²) in [6, 6.07) is 24.1. The van der Waals surface area contributed by atoms with Crippen LogP contribution in [0.5, 0.6) is 17.2 Å². The number of rotatable bonds is 11. The van der Waals surface area contributed by atoms with Gasteiger partial charge < -0.3 is 14.6 Å². The highest BCUT2D eigenvalue weighted by Crippen LogP contribution is 2.38. The number of hydrogen-bond acceptors (Lipinski definition) is 7. The number of methoxy groups -OCH3 is 1. The fourth-order valence-electron chi connectivity index (χ4n) is 4.61. The Morgan fingerprint density at radius 2 is 1.29 bits per heavy atom. The summed E-state index contributed by atoms with van der Waals surface area (Å²) >= 11 is 0. The van der Waals surface area contributed by atoms with E-state index in [0.717, 1.165) is 28.8 Å². The number of aryl methyl sites for hydroxylation is 1. The Morgan fingerprint density at radius 1 is 0.786 bits per heavy atom. The number of hydrogen-bond donors (Lipinski definition) is 2. The molecule has 0 bridgehead atoms. The Bertz CT molecular complexity index is 1800. The monoisotopic (exact) mass is 610 g/mol. The predicted molar refractivity (Wildman–Crippen MR) is 156 cm³/mol. The van der Waals surface area contributed by atoms with Crippen molar-refractivity contribution in [3.8, 4) is 17.2 Å². The molecular formula is C31H30O9S2. The summed E-state index contributed by atoms with van der Waals surface area (Å²) < 4.78 is 70.0. The molecule has 0 spiro atoms. The van der Waals surface area contributed by atoms with Crippen LogP contribution in [0, 0.1) is 6.92 Å². The summed E-state index contributed by atoms with van der Waals surface area (Å²) in [5.74, 6) is -0.203. The molecule has 220 valence electrons. The Hall–Kier alpha value is -4.19. The molecule has 4 aromatic rings. The van der Waals surface area contributed by atoms with Gasteiger partial charge in [-0.1, -0.05) is 48.9 Å². The van der Waals surface area contributed by atoms with Crippen LogP contribution in [-0.4, -0.2) is 39.6 Å². The van der Waals surface area contributed by atoms with Gasteiger partial charge in [0, 0.05) is 11.8 Å². The predicted octanol–water partition coefficient (Wildman–Crippen LogP) is 6.05. The molecule has 0 aliphatic carbocycles. The van der Waals surface area contributed by atoms with Crippen LogP contribution < -0.4 is 9.47 Å². The average Bonchev–Trinajstić information content (AvgIpc) is 2.96. The second-order valence-electron chi connectivity index (χ2n) is 9.98. The van der Waals surface area contributed by atoms with Gasteiger partial charge in [-0.3, -0.25) is 9.35 Å². The van der Waals surface area contributed by atoms with E-state index in [2.05, 4.69) is 0 Å². The lowest BCUT2D eigenvalue weighted by Gasteiger charge is -2.31. The molecule has 42 heavy (non-hydrogen) atoms. The molecular weight excluding hydrogens is 580 g/mol. The SMILES string of the molecule is COc1ccc(S(=O)(=O)c2ccc(Oc3ccc(C(C)(CCC(=O)O)c4ccc(C)cc4)cc3)cc2)cc1S(=O)(=O)O. The fraction of sp³-hybridized carbons (Fsp3) is 0.194. The van der Waals surface area contributed by atoms with Gasteiger partial charge in [0.2, 0.25) is 9.84 Å². The molecule has 0 radical (unpaired) electrons. The summed E-state index contributed by atoms with van der Waals surface area (Å²) in [5.41, 5.74) is 2.48. The van der Waals surface area contributed by atoms with E-state index in [1.807, 2.05) is 50.2 Å². The number of carboxylic acids is 1. The maximum Gasteiger partial charge on any atom is 0.303 e.